The Labute approximate surface area is 83.4 Å². The first-order chi connectivity index (χ1) is 6.22. The highest BCUT2D eigenvalue weighted by atomic mass is 79.9. The highest BCUT2D eigenvalue weighted by Gasteiger charge is 1.93. The quantitative estimate of drug-likeness (QED) is 0.330. The first kappa shape index (κ1) is 9.48. The predicted octanol–water partition coefficient (Wildman–Crippen LogP) is 0.861. The standard InChI is InChI=1S/C7H6BrN5/c8-5-1-6(3-11-2-5)13-7(10)12-4-9/h1-3H,(H3,10,12,13). The fraction of sp³-hybridized carbons (Fsp3) is 0. The van der Waals surface area contributed by atoms with E-state index < -0.39 is 0 Å². The van der Waals surface area contributed by atoms with Crippen molar-refractivity contribution in [3.8, 4) is 6.19 Å². The van der Waals surface area contributed by atoms with Crippen molar-refractivity contribution in [1.82, 2.24) is 10.3 Å². The van der Waals surface area contributed by atoms with E-state index in [1.807, 2.05) is 0 Å². The number of rotatable bonds is 1. The van der Waals surface area contributed by atoms with Gasteiger partial charge >= 0.3 is 0 Å². The summed E-state index contributed by atoms with van der Waals surface area (Å²) in [5.41, 5.74) is 5.92. The van der Waals surface area contributed by atoms with Crippen LogP contribution in [0.5, 0.6) is 0 Å². The maximum Gasteiger partial charge on any atom is 0.207 e. The summed E-state index contributed by atoms with van der Waals surface area (Å²) in [5.74, 6) is 0.0439. The summed E-state index contributed by atoms with van der Waals surface area (Å²) in [6, 6.07) is 1.74. The van der Waals surface area contributed by atoms with E-state index in [2.05, 4.69) is 31.2 Å². The van der Waals surface area contributed by atoms with E-state index in [0.717, 1.165) is 4.47 Å². The SMILES string of the molecule is N#CNC(N)=Nc1cncc(Br)c1. The average molecular weight is 240 g/mol. The van der Waals surface area contributed by atoms with Gasteiger partial charge in [0.15, 0.2) is 6.19 Å². The van der Waals surface area contributed by atoms with Gasteiger partial charge in [0.2, 0.25) is 5.96 Å². The fourth-order valence-electron chi connectivity index (χ4n) is 0.686. The van der Waals surface area contributed by atoms with E-state index in [1.165, 1.54) is 6.20 Å². The van der Waals surface area contributed by atoms with Crippen LogP contribution in [0.3, 0.4) is 0 Å². The monoisotopic (exact) mass is 239 g/mol. The molecule has 66 valence electrons. The summed E-state index contributed by atoms with van der Waals surface area (Å²) in [5, 5.41) is 10.4. The van der Waals surface area contributed by atoms with Crippen molar-refractivity contribution in [2.75, 3.05) is 0 Å². The molecular weight excluding hydrogens is 234 g/mol. The predicted molar refractivity (Wildman–Crippen MR) is 52.0 cm³/mol. The van der Waals surface area contributed by atoms with Crippen LogP contribution in [0.4, 0.5) is 5.69 Å². The van der Waals surface area contributed by atoms with Gasteiger partial charge in [0.25, 0.3) is 0 Å². The molecule has 1 aromatic heterocycles. The summed E-state index contributed by atoms with van der Waals surface area (Å²) < 4.78 is 0.804. The second kappa shape index (κ2) is 4.42. The minimum Gasteiger partial charge on any atom is -0.369 e. The summed E-state index contributed by atoms with van der Waals surface area (Å²) in [6.07, 6.45) is 4.83. The largest absolute Gasteiger partial charge is 0.369 e. The van der Waals surface area contributed by atoms with E-state index >= 15 is 0 Å². The number of aliphatic imine (C=N–C) groups is 1. The van der Waals surface area contributed by atoms with E-state index in [0.29, 0.717) is 5.69 Å². The van der Waals surface area contributed by atoms with Crippen LogP contribution in [0.15, 0.2) is 27.9 Å². The molecule has 5 nitrogen and oxygen atoms in total. The molecule has 0 saturated heterocycles. The van der Waals surface area contributed by atoms with Gasteiger partial charge in [-0.15, -0.1) is 0 Å². The fourth-order valence-corrected chi connectivity index (χ4v) is 1.04. The van der Waals surface area contributed by atoms with Gasteiger partial charge in [-0.2, -0.15) is 5.26 Å². The summed E-state index contributed by atoms with van der Waals surface area (Å²) in [4.78, 5) is 7.76. The van der Waals surface area contributed by atoms with Crippen LogP contribution in [0.1, 0.15) is 0 Å². The molecule has 0 aromatic carbocycles. The van der Waals surface area contributed by atoms with Gasteiger partial charge in [-0.05, 0) is 22.0 Å². The molecule has 0 spiro atoms. The molecule has 0 fully saturated rings. The Morgan fingerprint density at radius 3 is 3.08 bits per heavy atom. The van der Waals surface area contributed by atoms with Crippen LogP contribution in [0.2, 0.25) is 0 Å². The number of halogens is 1. The topological polar surface area (TPSA) is 87.1 Å². The number of hydrogen-bond acceptors (Lipinski definition) is 3. The van der Waals surface area contributed by atoms with Gasteiger partial charge in [-0.25, -0.2) is 4.99 Å². The van der Waals surface area contributed by atoms with Crippen LogP contribution in [-0.2, 0) is 0 Å². The highest BCUT2D eigenvalue weighted by Crippen LogP contribution is 2.15. The molecule has 6 heteroatoms. The second-order valence-electron chi connectivity index (χ2n) is 2.10. The number of nitriles is 1. The number of nitrogens with one attached hydrogen (secondary N) is 1. The molecule has 1 heterocycles. The second-order valence-corrected chi connectivity index (χ2v) is 3.01. The van der Waals surface area contributed by atoms with E-state index in [1.54, 1.807) is 18.5 Å². The smallest absolute Gasteiger partial charge is 0.207 e. The number of aromatic nitrogens is 1. The zero-order valence-electron chi connectivity index (χ0n) is 6.53. The minimum absolute atomic E-state index is 0.0439. The van der Waals surface area contributed by atoms with Gasteiger partial charge in [0.1, 0.15) is 0 Å². The number of nitrogens with two attached hydrogens (primary N) is 1. The lowest BCUT2D eigenvalue weighted by molar-refractivity contribution is 1.20. The van der Waals surface area contributed by atoms with E-state index in [4.69, 9.17) is 11.0 Å². The van der Waals surface area contributed by atoms with Crippen LogP contribution in [0, 0.1) is 11.5 Å². The van der Waals surface area contributed by atoms with Crippen LogP contribution in [-0.4, -0.2) is 10.9 Å². The minimum atomic E-state index is 0.0439. The molecule has 1 rings (SSSR count). The molecule has 0 aliphatic heterocycles. The van der Waals surface area contributed by atoms with Crippen molar-refractivity contribution >= 4 is 27.6 Å². The summed E-state index contributed by atoms with van der Waals surface area (Å²) in [7, 11) is 0. The van der Waals surface area contributed by atoms with Crippen molar-refractivity contribution in [3.63, 3.8) is 0 Å². The highest BCUT2D eigenvalue weighted by molar-refractivity contribution is 9.10. The normalized spacial score (nSPS) is 10.6. The molecule has 0 radical (unpaired) electrons. The van der Waals surface area contributed by atoms with Crippen molar-refractivity contribution in [2.24, 2.45) is 10.7 Å². The third-order valence-corrected chi connectivity index (χ3v) is 1.56. The zero-order chi connectivity index (χ0) is 9.68. The molecule has 0 unspecified atom stereocenters. The number of hydrogen-bond donors (Lipinski definition) is 2. The lowest BCUT2D eigenvalue weighted by Gasteiger charge is -1.96. The Hall–Kier alpha value is -1.61. The molecule has 0 aliphatic rings. The van der Waals surface area contributed by atoms with Gasteiger partial charge in [-0.1, -0.05) is 0 Å². The van der Waals surface area contributed by atoms with Crippen LogP contribution < -0.4 is 11.1 Å². The average Bonchev–Trinajstić information content (AvgIpc) is 2.04. The Kier molecular flexibility index (Phi) is 3.23. The van der Waals surface area contributed by atoms with Gasteiger partial charge in [0, 0.05) is 10.7 Å². The van der Waals surface area contributed by atoms with Crippen LogP contribution >= 0.6 is 15.9 Å². The maximum atomic E-state index is 8.22. The Bertz CT molecular complexity index is 367. The number of pyridine rings is 1. The third-order valence-electron chi connectivity index (χ3n) is 1.12. The summed E-state index contributed by atoms with van der Waals surface area (Å²) >= 11 is 3.23. The van der Waals surface area contributed by atoms with Crippen molar-refractivity contribution in [2.45, 2.75) is 0 Å². The molecule has 0 aliphatic carbocycles. The molecular formula is C7H6BrN5. The molecule has 0 amide bonds. The van der Waals surface area contributed by atoms with E-state index in [-0.39, 0.29) is 5.96 Å². The van der Waals surface area contributed by atoms with Gasteiger partial charge in [0.05, 0.1) is 11.9 Å². The Balaban J connectivity index is 2.86. The molecule has 0 bridgehead atoms. The number of guanidine groups is 1. The Morgan fingerprint density at radius 2 is 2.46 bits per heavy atom. The molecule has 3 N–H and O–H groups in total. The first-order valence-electron chi connectivity index (χ1n) is 3.32. The molecule has 0 atom stereocenters. The van der Waals surface area contributed by atoms with Crippen molar-refractivity contribution < 1.29 is 0 Å². The van der Waals surface area contributed by atoms with Crippen LogP contribution in [0.25, 0.3) is 0 Å². The maximum absolute atomic E-state index is 8.22. The first-order valence-corrected chi connectivity index (χ1v) is 4.11. The van der Waals surface area contributed by atoms with E-state index in [9.17, 15) is 0 Å². The van der Waals surface area contributed by atoms with Gasteiger partial charge in [-0.3, -0.25) is 10.3 Å². The van der Waals surface area contributed by atoms with Crippen molar-refractivity contribution in [1.29, 1.82) is 5.26 Å². The van der Waals surface area contributed by atoms with Gasteiger partial charge < -0.3 is 5.73 Å². The number of nitrogens with zero attached hydrogens (tertiary/aromatic N) is 3. The molecule has 13 heavy (non-hydrogen) atoms. The molecule has 0 saturated carbocycles. The van der Waals surface area contributed by atoms with Crippen molar-refractivity contribution in [3.05, 3.63) is 22.9 Å². The summed E-state index contributed by atoms with van der Waals surface area (Å²) in [6.45, 7) is 0. The zero-order valence-corrected chi connectivity index (χ0v) is 8.12. The lowest BCUT2D eigenvalue weighted by atomic mass is 10.4. The molecule has 1 aromatic rings. The lowest BCUT2D eigenvalue weighted by Crippen LogP contribution is -2.26. The third kappa shape index (κ3) is 3.09. The Morgan fingerprint density at radius 1 is 1.69 bits per heavy atom.